The Labute approximate surface area is 222 Å². The van der Waals surface area contributed by atoms with Gasteiger partial charge >= 0.3 is 0 Å². The standard InChI is InChI=1S/C33H25NO3S/c35-38(36,37)23-24-19-21-27(22-20-24)34(26-13-5-2-6-14-26)33-30-17-9-7-15-28(30)32(25-11-3-1-4-12-25)29-16-8-10-18-31(29)33/h1-22H,23H2,(H,35,36,37). The van der Waals surface area contributed by atoms with Gasteiger partial charge in [0.15, 0.2) is 0 Å². The molecule has 0 aliphatic carbocycles. The van der Waals surface area contributed by atoms with Gasteiger partial charge in [-0.15, -0.1) is 0 Å². The molecule has 6 rings (SSSR count). The summed E-state index contributed by atoms with van der Waals surface area (Å²) in [6, 6.07) is 44.9. The van der Waals surface area contributed by atoms with Crippen molar-refractivity contribution in [1.82, 2.24) is 0 Å². The number of benzene rings is 6. The van der Waals surface area contributed by atoms with E-state index in [-0.39, 0.29) is 0 Å². The minimum atomic E-state index is -4.12. The number of rotatable bonds is 6. The van der Waals surface area contributed by atoms with Gasteiger partial charge in [0, 0.05) is 22.1 Å². The molecule has 0 amide bonds. The van der Waals surface area contributed by atoms with E-state index in [1.165, 1.54) is 5.56 Å². The van der Waals surface area contributed by atoms with Crippen molar-refractivity contribution in [3.8, 4) is 11.1 Å². The lowest BCUT2D eigenvalue weighted by atomic mass is 9.90. The van der Waals surface area contributed by atoms with E-state index in [4.69, 9.17) is 0 Å². The van der Waals surface area contributed by atoms with Gasteiger partial charge in [-0.2, -0.15) is 8.42 Å². The van der Waals surface area contributed by atoms with Crippen LogP contribution < -0.4 is 4.90 Å². The van der Waals surface area contributed by atoms with Crippen molar-refractivity contribution in [3.05, 3.63) is 139 Å². The molecule has 4 nitrogen and oxygen atoms in total. The van der Waals surface area contributed by atoms with Crippen molar-refractivity contribution in [3.63, 3.8) is 0 Å². The SMILES string of the molecule is O=S(=O)(O)Cc1ccc(N(c2ccccc2)c2c3ccccc3c(-c3ccccc3)c3ccccc23)cc1. The fourth-order valence-electron chi connectivity index (χ4n) is 5.20. The summed E-state index contributed by atoms with van der Waals surface area (Å²) in [7, 11) is -4.12. The van der Waals surface area contributed by atoms with Crippen LogP contribution in [0.4, 0.5) is 17.1 Å². The first-order chi connectivity index (χ1) is 18.5. The molecule has 1 N–H and O–H groups in total. The summed E-state index contributed by atoms with van der Waals surface area (Å²) in [5.41, 5.74) is 5.79. The van der Waals surface area contributed by atoms with E-state index < -0.39 is 15.9 Å². The quantitative estimate of drug-likeness (QED) is 0.178. The Bertz CT molecular complexity index is 1790. The van der Waals surface area contributed by atoms with Crippen LogP contribution in [0.3, 0.4) is 0 Å². The van der Waals surface area contributed by atoms with Gasteiger partial charge in [-0.05, 0) is 51.7 Å². The Hall–Kier alpha value is -4.45. The average molecular weight is 516 g/mol. The number of hydrogen-bond donors (Lipinski definition) is 1. The molecule has 38 heavy (non-hydrogen) atoms. The largest absolute Gasteiger partial charge is 0.309 e. The van der Waals surface area contributed by atoms with E-state index in [0.29, 0.717) is 5.56 Å². The van der Waals surface area contributed by atoms with Gasteiger partial charge in [-0.1, -0.05) is 109 Å². The van der Waals surface area contributed by atoms with Crippen molar-refractivity contribution in [2.24, 2.45) is 0 Å². The summed E-state index contributed by atoms with van der Waals surface area (Å²) in [5, 5.41) is 4.51. The normalized spacial score (nSPS) is 11.6. The highest BCUT2D eigenvalue weighted by Gasteiger charge is 2.22. The van der Waals surface area contributed by atoms with Crippen LogP contribution in [-0.4, -0.2) is 13.0 Å². The average Bonchev–Trinajstić information content (AvgIpc) is 2.94. The predicted octanol–water partition coefficient (Wildman–Crippen LogP) is 8.52. The third-order valence-electron chi connectivity index (χ3n) is 6.75. The van der Waals surface area contributed by atoms with Crippen LogP contribution in [0.5, 0.6) is 0 Å². The van der Waals surface area contributed by atoms with Crippen molar-refractivity contribution in [1.29, 1.82) is 0 Å². The Morgan fingerprint density at radius 1 is 0.526 bits per heavy atom. The van der Waals surface area contributed by atoms with Gasteiger partial charge in [0.1, 0.15) is 5.75 Å². The van der Waals surface area contributed by atoms with E-state index in [2.05, 4.69) is 89.8 Å². The molecule has 5 heteroatoms. The molecule has 0 heterocycles. The summed E-state index contributed by atoms with van der Waals surface area (Å²) in [6.45, 7) is 0. The van der Waals surface area contributed by atoms with Crippen molar-refractivity contribution in [2.45, 2.75) is 5.75 Å². The molecule has 186 valence electrons. The van der Waals surface area contributed by atoms with Crippen LogP contribution in [-0.2, 0) is 15.9 Å². The van der Waals surface area contributed by atoms with E-state index in [1.807, 2.05) is 36.4 Å². The summed E-state index contributed by atoms with van der Waals surface area (Å²) in [6.07, 6.45) is 0. The van der Waals surface area contributed by atoms with E-state index in [0.717, 1.165) is 44.2 Å². The van der Waals surface area contributed by atoms with Crippen molar-refractivity contribution < 1.29 is 13.0 Å². The molecule has 0 spiro atoms. The molecule has 0 aliphatic heterocycles. The zero-order chi connectivity index (χ0) is 26.1. The second kappa shape index (κ2) is 9.78. The van der Waals surface area contributed by atoms with Gasteiger partial charge in [-0.3, -0.25) is 4.55 Å². The van der Waals surface area contributed by atoms with Crippen LogP contribution in [0.2, 0.25) is 0 Å². The van der Waals surface area contributed by atoms with Crippen molar-refractivity contribution >= 4 is 48.7 Å². The van der Waals surface area contributed by atoms with Gasteiger partial charge < -0.3 is 4.90 Å². The highest BCUT2D eigenvalue weighted by atomic mass is 32.2. The minimum Gasteiger partial charge on any atom is -0.309 e. The number of fused-ring (bicyclic) bond motifs is 2. The zero-order valence-electron chi connectivity index (χ0n) is 20.5. The maximum absolute atomic E-state index is 11.4. The van der Waals surface area contributed by atoms with E-state index >= 15 is 0 Å². The third kappa shape index (κ3) is 4.54. The molecule has 0 saturated carbocycles. The number of nitrogens with zero attached hydrogens (tertiary/aromatic N) is 1. The first-order valence-electron chi connectivity index (χ1n) is 12.4. The predicted molar refractivity (Wildman–Crippen MR) is 157 cm³/mol. The zero-order valence-corrected chi connectivity index (χ0v) is 21.3. The smallest absolute Gasteiger partial charge is 0.269 e. The summed E-state index contributed by atoms with van der Waals surface area (Å²) in [5.74, 6) is -0.420. The topological polar surface area (TPSA) is 57.6 Å². The van der Waals surface area contributed by atoms with Gasteiger partial charge in [0.25, 0.3) is 10.1 Å². The molecule has 0 atom stereocenters. The molecule has 6 aromatic carbocycles. The number of hydrogen-bond acceptors (Lipinski definition) is 3. The Morgan fingerprint density at radius 3 is 1.50 bits per heavy atom. The van der Waals surface area contributed by atoms with Crippen LogP contribution in [0.15, 0.2) is 133 Å². The van der Waals surface area contributed by atoms with E-state index in [9.17, 15) is 13.0 Å². The molecule has 0 aromatic heterocycles. The molecule has 0 fully saturated rings. The fraction of sp³-hybridized carbons (Fsp3) is 0.0303. The highest BCUT2D eigenvalue weighted by Crippen LogP contribution is 2.47. The van der Waals surface area contributed by atoms with E-state index in [1.54, 1.807) is 12.1 Å². The lowest BCUT2D eigenvalue weighted by molar-refractivity contribution is 0.482. The Morgan fingerprint density at radius 2 is 0.974 bits per heavy atom. The number of para-hydroxylation sites is 1. The monoisotopic (exact) mass is 515 g/mol. The highest BCUT2D eigenvalue weighted by molar-refractivity contribution is 7.85. The van der Waals surface area contributed by atoms with Gasteiger partial charge in [-0.25, -0.2) is 0 Å². The number of anilines is 3. The Kier molecular flexibility index (Phi) is 6.16. The molecule has 0 unspecified atom stereocenters. The third-order valence-corrected chi connectivity index (χ3v) is 7.45. The van der Waals surface area contributed by atoms with Crippen LogP contribution in [0.1, 0.15) is 5.56 Å². The van der Waals surface area contributed by atoms with Gasteiger partial charge in [0.2, 0.25) is 0 Å². The Balaban J connectivity index is 1.68. The molecule has 6 aromatic rings. The second-order valence-electron chi connectivity index (χ2n) is 9.24. The van der Waals surface area contributed by atoms with Crippen LogP contribution >= 0.6 is 0 Å². The summed E-state index contributed by atoms with van der Waals surface area (Å²) in [4.78, 5) is 2.22. The molecule has 0 radical (unpaired) electrons. The van der Waals surface area contributed by atoms with Gasteiger partial charge in [0.05, 0.1) is 5.69 Å². The van der Waals surface area contributed by atoms with Crippen LogP contribution in [0, 0.1) is 0 Å². The minimum absolute atomic E-state index is 0.420. The summed E-state index contributed by atoms with van der Waals surface area (Å²) >= 11 is 0. The lowest BCUT2D eigenvalue weighted by Crippen LogP contribution is -2.12. The maximum Gasteiger partial charge on any atom is 0.269 e. The molecular weight excluding hydrogens is 490 g/mol. The molecule has 0 bridgehead atoms. The molecule has 0 saturated heterocycles. The molecular formula is C33H25NO3S. The first kappa shape index (κ1) is 23.9. The van der Waals surface area contributed by atoms with Crippen LogP contribution in [0.25, 0.3) is 32.7 Å². The maximum atomic E-state index is 11.4. The second-order valence-corrected chi connectivity index (χ2v) is 10.7. The summed E-state index contributed by atoms with van der Waals surface area (Å²) < 4.78 is 32.2. The first-order valence-corrected chi connectivity index (χ1v) is 14.0. The lowest BCUT2D eigenvalue weighted by Gasteiger charge is -2.29. The fourth-order valence-corrected chi connectivity index (χ4v) is 5.81. The van der Waals surface area contributed by atoms with Crippen molar-refractivity contribution in [2.75, 3.05) is 4.90 Å². The molecule has 0 aliphatic rings.